The molecule has 5 rings (SSSR count). The predicted molar refractivity (Wildman–Crippen MR) is 141 cm³/mol. The van der Waals surface area contributed by atoms with E-state index in [1.54, 1.807) is 28.2 Å². The summed E-state index contributed by atoms with van der Waals surface area (Å²) in [6.07, 6.45) is 2.92. The summed E-state index contributed by atoms with van der Waals surface area (Å²) in [7, 11) is 1.79. The molecular weight excluding hydrogens is 488 g/mol. The quantitative estimate of drug-likeness (QED) is 0.634. The number of piperidine rings is 1. The molecule has 4 atom stereocenters. The number of hydrogen-bond acceptors (Lipinski definition) is 6. The number of nitriles is 1. The van der Waals surface area contributed by atoms with Crippen LogP contribution in [0.3, 0.4) is 0 Å². The highest BCUT2D eigenvalue weighted by atomic mass is 32.1. The van der Waals surface area contributed by atoms with Gasteiger partial charge in [0, 0.05) is 35.0 Å². The third kappa shape index (κ3) is 4.95. The summed E-state index contributed by atoms with van der Waals surface area (Å²) < 4.78 is 5.59. The molecule has 1 saturated heterocycles. The minimum Gasteiger partial charge on any atom is -0.444 e. The van der Waals surface area contributed by atoms with Gasteiger partial charge in [0.2, 0.25) is 11.8 Å². The molecule has 3 aliphatic rings. The fourth-order valence-corrected chi connectivity index (χ4v) is 6.78. The van der Waals surface area contributed by atoms with Gasteiger partial charge in [-0.05, 0) is 75.3 Å². The van der Waals surface area contributed by atoms with Crippen molar-refractivity contribution in [2.75, 3.05) is 11.9 Å². The molecule has 1 aromatic heterocycles. The van der Waals surface area contributed by atoms with Crippen LogP contribution in [0.25, 0.3) is 10.4 Å². The number of likely N-dealkylation sites (tertiary alicyclic amines) is 1. The lowest BCUT2D eigenvalue weighted by atomic mass is 9.97. The maximum atomic E-state index is 13.3. The zero-order valence-corrected chi connectivity index (χ0v) is 22.4. The van der Waals surface area contributed by atoms with Crippen molar-refractivity contribution >= 4 is 34.9 Å². The summed E-state index contributed by atoms with van der Waals surface area (Å²) in [5.41, 5.74) is 2.33. The van der Waals surface area contributed by atoms with Crippen molar-refractivity contribution in [1.82, 2.24) is 10.2 Å². The van der Waals surface area contributed by atoms with Crippen molar-refractivity contribution in [2.24, 2.45) is 5.92 Å². The van der Waals surface area contributed by atoms with Crippen LogP contribution in [0.5, 0.6) is 0 Å². The van der Waals surface area contributed by atoms with Gasteiger partial charge in [0.25, 0.3) is 0 Å². The van der Waals surface area contributed by atoms with Gasteiger partial charge in [0.1, 0.15) is 17.7 Å². The van der Waals surface area contributed by atoms with Gasteiger partial charge in [-0.2, -0.15) is 5.26 Å². The first kappa shape index (κ1) is 25.3. The van der Waals surface area contributed by atoms with Crippen LogP contribution >= 0.6 is 11.3 Å². The molecule has 4 unspecified atom stereocenters. The number of nitrogens with one attached hydrogen (secondary N) is 1. The highest BCUT2D eigenvalue weighted by Crippen LogP contribution is 2.43. The predicted octanol–water partition coefficient (Wildman–Crippen LogP) is 4.27. The summed E-state index contributed by atoms with van der Waals surface area (Å²) in [6, 6.07) is 11.0. The first-order valence-electron chi connectivity index (χ1n) is 12.7. The summed E-state index contributed by atoms with van der Waals surface area (Å²) >= 11 is 1.57. The first-order chi connectivity index (χ1) is 17.5. The Hall–Kier alpha value is -3.38. The van der Waals surface area contributed by atoms with Gasteiger partial charge in [0.15, 0.2) is 0 Å². The Balaban J connectivity index is 1.26. The van der Waals surface area contributed by atoms with E-state index in [1.165, 1.54) is 0 Å². The minimum absolute atomic E-state index is 0.0117. The molecule has 1 N–H and O–H groups in total. The fourth-order valence-electron chi connectivity index (χ4n) is 5.73. The van der Waals surface area contributed by atoms with E-state index in [-0.39, 0.29) is 23.8 Å². The molecule has 37 heavy (non-hydrogen) atoms. The molecule has 1 aromatic carbocycles. The van der Waals surface area contributed by atoms with Crippen molar-refractivity contribution in [2.45, 2.75) is 76.6 Å². The largest absolute Gasteiger partial charge is 0.444 e. The number of hydrogen-bond donors (Lipinski definition) is 1. The second-order valence-electron chi connectivity index (χ2n) is 11.2. The highest BCUT2D eigenvalue weighted by molar-refractivity contribution is 7.15. The van der Waals surface area contributed by atoms with E-state index in [1.807, 2.05) is 51.1 Å². The molecule has 0 spiro atoms. The number of fused-ring (bicyclic) bond motifs is 3. The lowest BCUT2D eigenvalue weighted by Gasteiger charge is -2.35. The number of likely N-dealkylation sites (N-methyl/N-ethyl adjacent to an activating group) is 1. The number of nitrogens with zero attached hydrogens (tertiary/aromatic N) is 3. The molecule has 2 aromatic rings. The van der Waals surface area contributed by atoms with Crippen LogP contribution in [0.2, 0.25) is 0 Å². The lowest BCUT2D eigenvalue weighted by molar-refractivity contribution is -0.128. The van der Waals surface area contributed by atoms with Crippen molar-refractivity contribution in [3.63, 3.8) is 0 Å². The van der Waals surface area contributed by atoms with Gasteiger partial charge >= 0.3 is 6.09 Å². The molecule has 3 amide bonds. The average Bonchev–Trinajstić information content (AvgIpc) is 3.62. The maximum absolute atomic E-state index is 13.3. The molecule has 8 nitrogen and oxygen atoms in total. The Morgan fingerprint density at radius 2 is 2.03 bits per heavy atom. The molecule has 1 aliphatic carbocycles. The standard InChI is InChI=1S/C28H32N4O4S/c1-28(2,3)36-27(35)32-20-8-7-18(11-20)25(32)26(34)30-19(15-29)14-21-9-10-23(37-21)17-6-5-16-13-24(33)31(4)22(16)12-17/h5-6,9-10,12,18-20,25H,7-8,11,13-14H2,1-4H3,(H,30,34). The highest BCUT2D eigenvalue weighted by Gasteiger charge is 2.52. The summed E-state index contributed by atoms with van der Waals surface area (Å²) in [6.45, 7) is 5.45. The Morgan fingerprint density at radius 1 is 1.24 bits per heavy atom. The summed E-state index contributed by atoms with van der Waals surface area (Å²) in [5, 5.41) is 12.7. The van der Waals surface area contributed by atoms with E-state index >= 15 is 0 Å². The lowest BCUT2D eigenvalue weighted by Crippen LogP contribution is -2.55. The van der Waals surface area contributed by atoms with E-state index < -0.39 is 23.8 Å². The third-order valence-electron chi connectivity index (χ3n) is 7.44. The molecular formula is C28H32N4O4S. The number of benzene rings is 1. The smallest absolute Gasteiger partial charge is 0.411 e. The van der Waals surface area contributed by atoms with Crippen LogP contribution < -0.4 is 10.2 Å². The van der Waals surface area contributed by atoms with Crippen LogP contribution in [0.15, 0.2) is 30.3 Å². The van der Waals surface area contributed by atoms with Gasteiger partial charge < -0.3 is 15.0 Å². The topological polar surface area (TPSA) is 103 Å². The number of thiophene rings is 1. The molecule has 2 fully saturated rings. The zero-order chi connectivity index (χ0) is 26.5. The van der Waals surface area contributed by atoms with E-state index in [9.17, 15) is 19.6 Å². The van der Waals surface area contributed by atoms with Gasteiger partial charge in [-0.3, -0.25) is 14.5 Å². The van der Waals surface area contributed by atoms with Crippen molar-refractivity contribution in [3.8, 4) is 16.5 Å². The number of ether oxygens (including phenoxy) is 1. The van der Waals surface area contributed by atoms with Crippen LogP contribution in [-0.4, -0.2) is 53.6 Å². The Kier molecular flexibility index (Phi) is 6.48. The van der Waals surface area contributed by atoms with Crippen molar-refractivity contribution in [1.29, 1.82) is 5.26 Å². The number of anilines is 1. The number of amides is 3. The monoisotopic (exact) mass is 520 g/mol. The van der Waals surface area contributed by atoms with Crippen molar-refractivity contribution in [3.05, 3.63) is 40.8 Å². The molecule has 3 heterocycles. The SMILES string of the molecule is CN1C(=O)Cc2ccc(-c3ccc(CC(C#N)NC(=O)C4C5CCC(C5)N4C(=O)OC(C)(C)C)s3)cc21. The van der Waals surface area contributed by atoms with Crippen LogP contribution in [0.1, 0.15) is 50.5 Å². The van der Waals surface area contributed by atoms with Gasteiger partial charge in [-0.25, -0.2) is 4.79 Å². The summed E-state index contributed by atoms with van der Waals surface area (Å²) in [4.78, 5) is 43.5. The van der Waals surface area contributed by atoms with E-state index in [0.29, 0.717) is 12.8 Å². The molecule has 2 bridgehead atoms. The molecule has 9 heteroatoms. The molecule has 2 aliphatic heterocycles. The fraction of sp³-hybridized carbons (Fsp3) is 0.500. The Morgan fingerprint density at radius 3 is 2.76 bits per heavy atom. The minimum atomic E-state index is -0.706. The third-order valence-corrected chi connectivity index (χ3v) is 8.60. The van der Waals surface area contributed by atoms with E-state index in [0.717, 1.165) is 45.8 Å². The second kappa shape index (κ2) is 9.49. The Bertz CT molecular complexity index is 1290. The van der Waals surface area contributed by atoms with Gasteiger partial charge in [-0.15, -0.1) is 11.3 Å². The summed E-state index contributed by atoms with van der Waals surface area (Å²) in [5.74, 6) is -0.102. The van der Waals surface area contributed by atoms with Crippen LogP contribution in [0, 0.1) is 17.2 Å². The molecule has 0 radical (unpaired) electrons. The number of carbonyl (C=O) groups is 3. The Labute approximate surface area is 221 Å². The van der Waals surface area contributed by atoms with Gasteiger partial charge in [0.05, 0.1) is 12.5 Å². The maximum Gasteiger partial charge on any atom is 0.411 e. The van der Waals surface area contributed by atoms with E-state index in [4.69, 9.17) is 4.74 Å². The molecule has 1 saturated carbocycles. The average molecular weight is 521 g/mol. The van der Waals surface area contributed by atoms with Crippen LogP contribution in [-0.2, 0) is 27.2 Å². The van der Waals surface area contributed by atoms with Crippen LogP contribution in [0.4, 0.5) is 10.5 Å². The van der Waals surface area contributed by atoms with E-state index in [2.05, 4.69) is 11.4 Å². The normalized spacial score (nSPS) is 23.1. The second-order valence-corrected chi connectivity index (χ2v) is 12.4. The number of rotatable bonds is 5. The number of carbonyl (C=O) groups excluding carboxylic acids is 3. The first-order valence-corrected chi connectivity index (χ1v) is 13.6. The van der Waals surface area contributed by atoms with Gasteiger partial charge in [-0.1, -0.05) is 12.1 Å². The molecule has 194 valence electrons. The van der Waals surface area contributed by atoms with Crippen molar-refractivity contribution < 1.29 is 19.1 Å². The zero-order valence-electron chi connectivity index (χ0n) is 21.6.